The maximum Gasteiger partial charge on any atom is 0.0721 e. The molecule has 0 spiro atoms. The van der Waals surface area contributed by atoms with Crippen LogP contribution in [-0.2, 0) is 0 Å². The van der Waals surface area contributed by atoms with Gasteiger partial charge in [0.15, 0.2) is 0 Å². The van der Waals surface area contributed by atoms with Gasteiger partial charge in [-0.2, -0.15) is 0 Å². The Morgan fingerprint density at radius 3 is 2.31 bits per heavy atom. The van der Waals surface area contributed by atoms with Crippen LogP contribution >= 0.6 is 23.2 Å². The second-order valence-corrected chi connectivity index (χ2v) is 5.68. The van der Waals surface area contributed by atoms with Crippen LogP contribution in [0, 0.1) is 5.41 Å². The number of hydrogen-bond acceptors (Lipinski definition) is 2. The SMILES string of the molecule is CC1(C)C(O)CC1Nc1c(Cl)cccc1Cl. The Bertz CT molecular complexity index is 386. The van der Waals surface area contributed by atoms with E-state index in [1.165, 1.54) is 0 Å². The summed E-state index contributed by atoms with van der Waals surface area (Å²) in [5.74, 6) is 0. The van der Waals surface area contributed by atoms with E-state index < -0.39 is 0 Å². The van der Waals surface area contributed by atoms with Crippen molar-refractivity contribution in [2.75, 3.05) is 5.32 Å². The second-order valence-electron chi connectivity index (χ2n) is 4.87. The minimum atomic E-state index is -0.258. The van der Waals surface area contributed by atoms with Crippen LogP contribution in [0.5, 0.6) is 0 Å². The number of rotatable bonds is 2. The van der Waals surface area contributed by atoms with Gasteiger partial charge in [0.1, 0.15) is 0 Å². The number of para-hydroxylation sites is 1. The van der Waals surface area contributed by atoms with Gasteiger partial charge in [-0.15, -0.1) is 0 Å². The largest absolute Gasteiger partial charge is 0.392 e. The van der Waals surface area contributed by atoms with Gasteiger partial charge >= 0.3 is 0 Å². The summed E-state index contributed by atoms with van der Waals surface area (Å²) in [4.78, 5) is 0. The van der Waals surface area contributed by atoms with Crippen LogP contribution in [-0.4, -0.2) is 17.3 Å². The standard InChI is InChI=1S/C12H15Cl2NO/c1-12(2)9(6-10(12)16)15-11-7(13)4-3-5-8(11)14/h3-5,9-10,15-16H,6H2,1-2H3. The predicted octanol–water partition coefficient (Wildman–Crippen LogP) is 3.56. The van der Waals surface area contributed by atoms with Crippen molar-refractivity contribution in [2.24, 2.45) is 5.41 Å². The molecule has 0 aliphatic heterocycles. The van der Waals surface area contributed by atoms with Crippen LogP contribution in [0.2, 0.25) is 10.0 Å². The van der Waals surface area contributed by atoms with Crippen molar-refractivity contribution in [3.05, 3.63) is 28.2 Å². The fourth-order valence-electron chi connectivity index (χ4n) is 1.96. The molecule has 2 atom stereocenters. The minimum Gasteiger partial charge on any atom is -0.392 e. The van der Waals surface area contributed by atoms with Crippen LogP contribution in [0.1, 0.15) is 20.3 Å². The predicted molar refractivity (Wildman–Crippen MR) is 68.3 cm³/mol. The Morgan fingerprint density at radius 1 is 1.31 bits per heavy atom. The number of nitrogens with one attached hydrogen (secondary N) is 1. The number of halogens is 2. The summed E-state index contributed by atoms with van der Waals surface area (Å²) in [7, 11) is 0. The molecule has 1 aliphatic rings. The first-order valence-corrected chi connectivity index (χ1v) is 6.07. The van der Waals surface area contributed by atoms with Gasteiger partial charge in [0, 0.05) is 11.5 Å². The molecule has 1 aromatic rings. The third-order valence-electron chi connectivity index (χ3n) is 3.50. The van der Waals surface area contributed by atoms with Crippen molar-refractivity contribution in [1.82, 2.24) is 0 Å². The lowest BCUT2D eigenvalue weighted by atomic mass is 9.64. The maximum atomic E-state index is 9.66. The molecule has 0 bridgehead atoms. The quantitative estimate of drug-likeness (QED) is 0.852. The fraction of sp³-hybridized carbons (Fsp3) is 0.500. The molecule has 0 radical (unpaired) electrons. The van der Waals surface area contributed by atoms with Gasteiger partial charge in [-0.3, -0.25) is 0 Å². The van der Waals surface area contributed by atoms with Crippen molar-refractivity contribution < 1.29 is 5.11 Å². The molecule has 1 fully saturated rings. The van der Waals surface area contributed by atoms with Crippen LogP contribution < -0.4 is 5.32 Å². The molecule has 0 saturated heterocycles. The normalized spacial score (nSPS) is 27.3. The summed E-state index contributed by atoms with van der Waals surface area (Å²) in [6.07, 6.45) is 0.473. The number of anilines is 1. The lowest BCUT2D eigenvalue weighted by Gasteiger charge is -2.50. The highest BCUT2D eigenvalue weighted by Crippen LogP contribution is 2.44. The average Bonchev–Trinajstić information content (AvgIpc) is 2.22. The van der Waals surface area contributed by atoms with Gasteiger partial charge in [0.25, 0.3) is 0 Å². The van der Waals surface area contributed by atoms with Crippen LogP contribution in [0.3, 0.4) is 0 Å². The smallest absolute Gasteiger partial charge is 0.0721 e. The van der Waals surface area contributed by atoms with Gasteiger partial charge in [0.05, 0.1) is 21.8 Å². The molecule has 1 aromatic carbocycles. The van der Waals surface area contributed by atoms with Crippen molar-refractivity contribution in [3.8, 4) is 0 Å². The molecule has 0 aromatic heterocycles. The first-order chi connectivity index (χ1) is 7.43. The van der Waals surface area contributed by atoms with Crippen molar-refractivity contribution in [1.29, 1.82) is 0 Å². The van der Waals surface area contributed by atoms with E-state index in [1.807, 2.05) is 19.9 Å². The second kappa shape index (κ2) is 4.10. The minimum absolute atomic E-state index is 0.136. The summed E-state index contributed by atoms with van der Waals surface area (Å²) in [5, 5.41) is 14.2. The summed E-state index contributed by atoms with van der Waals surface area (Å²) < 4.78 is 0. The monoisotopic (exact) mass is 259 g/mol. The molecule has 88 valence electrons. The van der Waals surface area contributed by atoms with Gasteiger partial charge < -0.3 is 10.4 Å². The molecule has 16 heavy (non-hydrogen) atoms. The van der Waals surface area contributed by atoms with Crippen molar-refractivity contribution in [2.45, 2.75) is 32.4 Å². The summed E-state index contributed by atoms with van der Waals surface area (Å²) in [5.41, 5.74) is 0.624. The van der Waals surface area contributed by atoms with E-state index in [0.717, 1.165) is 12.1 Å². The Morgan fingerprint density at radius 2 is 1.88 bits per heavy atom. The molecule has 2 unspecified atom stereocenters. The lowest BCUT2D eigenvalue weighted by Crippen LogP contribution is -2.56. The van der Waals surface area contributed by atoms with Gasteiger partial charge in [-0.1, -0.05) is 43.1 Å². The first-order valence-electron chi connectivity index (χ1n) is 5.31. The molecule has 2 N–H and O–H groups in total. The van der Waals surface area contributed by atoms with E-state index in [0.29, 0.717) is 10.0 Å². The Kier molecular flexibility index (Phi) is 3.08. The first kappa shape index (κ1) is 12.0. The molecule has 1 aliphatic carbocycles. The summed E-state index contributed by atoms with van der Waals surface area (Å²) in [6, 6.07) is 5.63. The zero-order chi connectivity index (χ0) is 11.9. The number of aliphatic hydroxyl groups excluding tert-OH is 1. The molecule has 0 heterocycles. The highest BCUT2D eigenvalue weighted by molar-refractivity contribution is 6.39. The Balaban J connectivity index is 2.17. The third kappa shape index (κ3) is 1.90. The zero-order valence-corrected chi connectivity index (χ0v) is 10.8. The van der Waals surface area contributed by atoms with Crippen LogP contribution in [0.15, 0.2) is 18.2 Å². The van der Waals surface area contributed by atoms with E-state index in [-0.39, 0.29) is 17.6 Å². The molecule has 1 saturated carbocycles. The topological polar surface area (TPSA) is 32.3 Å². The molecule has 0 amide bonds. The van der Waals surface area contributed by atoms with E-state index in [2.05, 4.69) is 5.32 Å². The molecule has 2 nitrogen and oxygen atoms in total. The molecular weight excluding hydrogens is 245 g/mol. The highest BCUT2D eigenvalue weighted by atomic mass is 35.5. The molecular formula is C12H15Cl2NO. The van der Waals surface area contributed by atoms with E-state index >= 15 is 0 Å². The van der Waals surface area contributed by atoms with E-state index in [9.17, 15) is 5.11 Å². The number of benzene rings is 1. The highest BCUT2D eigenvalue weighted by Gasteiger charge is 2.47. The average molecular weight is 260 g/mol. The Labute approximate surface area is 106 Å². The van der Waals surface area contributed by atoms with Crippen molar-refractivity contribution >= 4 is 28.9 Å². The summed E-state index contributed by atoms with van der Waals surface area (Å²) >= 11 is 12.1. The van der Waals surface area contributed by atoms with E-state index in [4.69, 9.17) is 23.2 Å². The summed E-state index contributed by atoms with van der Waals surface area (Å²) in [6.45, 7) is 4.06. The zero-order valence-electron chi connectivity index (χ0n) is 9.30. The Hall–Kier alpha value is -0.440. The van der Waals surface area contributed by atoms with Crippen LogP contribution in [0.25, 0.3) is 0 Å². The van der Waals surface area contributed by atoms with Gasteiger partial charge in [-0.25, -0.2) is 0 Å². The maximum absolute atomic E-state index is 9.66. The van der Waals surface area contributed by atoms with Gasteiger partial charge in [0.2, 0.25) is 0 Å². The van der Waals surface area contributed by atoms with Crippen molar-refractivity contribution in [3.63, 3.8) is 0 Å². The lowest BCUT2D eigenvalue weighted by molar-refractivity contribution is -0.0510. The fourth-order valence-corrected chi connectivity index (χ4v) is 2.46. The molecule has 4 heteroatoms. The number of hydrogen-bond donors (Lipinski definition) is 2. The van der Waals surface area contributed by atoms with E-state index in [1.54, 1.807) is 12.1 Å². The number of aliphatic hydroxyl groups is 1. The van der Waals surface area contributed by atoms with Crippen LogP contribution in [0.4, 0.5) is 5.69 Å². The molecule has 2 rings (SSSR count). The third-order valence-corrected chi connectivity index (χ3v) is 4.13. The van der Waals surface area contributed by atoms with Gasteiger partial charge in [-0.05, 0) is 18.6 Å².